The fraction of sp³-hybridized carbons (Fsp3) is 0.357. The van der Waals surface area contributed by atoms with E-state index in [-0.39, 0.29) is 35.4 Å². The molecule has 56 heavy (non-hydrogen) atoms. The van der Waals surface area contributed by atoms with Gasteiger partial charge >= 0.3 is 6.18 Å². The number of hydrogen-bond acceptors (Lipinski definition) is 7. The zero-order valence-corrected chi connectivity index (χ0v) is 31.0. The molecule has 0 radical (unpaired) electrons. The van der Waals surface area contributed by atoms with Gasteiger partial charge in [0, 0.05) is 29.5 Å². The smallest absolute Gasteiger partial charge is 0.363 e. The molecule has 0 saturated carbocycles. The number of anilines is 1. The van der Waals surface area contributed by atoms with Crippen LogP contribution in [0.15, 0.2) is 72.9 Å². The minimum absolute atomic E-state index is 0.0613. The molecule has 292 valence electrons. The molecule has 5 aromatic rings. The third-order valence-electron chi connectivity index (χ3n) is 11.1. The minimum Gasteiger partial charge on any atom is -0.363 e. The second kappa shape index (κ2) is 15.3. The van der Waals surface area contributed by atoms with Gasteiger partial charge in [0.15, 0.2) is 0 Å². The number of alkyl halides is 5. The van der Waals surface area contributed by atoms with Crippen molar-refractivity contribution in [2.45, 2.75) is 83.0 Å². The van der Waals surface area contributed by atoms with E-state index in [0.717, 1.165) is 23.3 Å². The number of rotatable bonds is 9. The van der Waals surface area contributed by atoms with Crippen LogP contribution in [0.4, 0.5) is 32.2 Å². The number of piperidine rings is 2. The van der Waals surface area contributed by atoms with E-state index in [1.54, 1.807) is 33.0 Å². The zero-order valence-electron chi connectivity index (χ0n) is 31.0. The Kier molecular flexibility index (Phi) is 10.6. The third-order valence-corrected chi connectivity index (χ3v) is 11.1. The normalized spacial score (nSPS) is 19.0. The number of halogens is 6. The van der Waals surface area contributed by atoms with Crippen LogP contribution in [-0.4, -0.2) is 44.8 Å². The van der Waals surface area contributed by atoms with Gasteiger partial charge in [0.1, 0.15) is 17.5 Å². The van der Waals surface area contributed by atoms with Crippen molar-refractivity contribution in [1.82, 2.24) is 25.2 Å². The molecule has 8 nitrogen and oxygen atoms in total. The summed E-state index contributed by atoms with van der Waals surface area (Å²) in [6.45, 7) is 6.68. The number of amides is 2. The van der Waals surface area contributed by atoms with Gasteiger partial charge in [-0.3, -0.25) is 24.8 Å². The van der Waals surface area contributed by atoms with Crippen molar-refractivity contribution in [2.24, 2.45) is 0 Å². The number of likely N-dealkylation sites (tertiary alicyclic amines) is 1. The summed E-state index contributed by atoms with van der Waals surface area (Å²) in [5.74, 6) is -1.46. The molecule has 2 atom stereocenters. The molecule has 14 heteroatoms. The topological polar surface area (TPSA) is 100 Å². The highest BCUT2D eigenvalue weighted by atomic mass is 19.4. The lowest BCUT2D eigenvalue weighted by molar-refractivity contribution is -0.140. The molecule has 2 aromatic heterocycles. The molecule has 0 unspecified atom stereocenters. The van der Waals surface area contributed by atoms with Crippen LogP contribution in [0.3, 0.4) is 0 Å². The molecule has 0 spiro atoms. The van der Waals surface area contributed by atoms with Gasteiger partial charge in [0.05, 0.1) is 40.0 Å². The van der Waals surface area contributed by atoms with Crippen LogP contribution in [-0.2, 0) is 27.7 Å². The predicted molar refractivity (Wildman–Crippen MR) is 199 cm³/mol. The van der Waals surface area contributed by atoms with Crippen molar-refractivity contribution >= 4 is 28.5 Å². The molecule has 0 bridgehead atoms. The largest absolute Gasteiger partial charge is 0.416 e. The van der Waals surface area contributed by atoms with Gasteiger partial charge in [-0.1, -0.05) is 48.5 Å². The summed E-state index contributed by atoms with van der Waals surface area (Å²) in [5, 5.41) is 6.06. The van der Waals surface area contributed by atoms with Crippen molar-refractivity contribution in [1.29, 1.82) is 0 Å². The Hall–Kier alpha value is -5.37. The van der Waals surface area contributed by atoms with Crippen molar-refractivity contribution in [2.75, 3.05) is 18.4 Å². The minimum atomic E-state index is -4.61. The molecule has 4 heterocycles. The first-order valence-electron chi connectivity index (χ1n) is 18.5. The molecule has 2 fully saturated rings. The number of aromatic nitrogens is 3. The fourth-order valence-electron chi connectivity index (χ4n) is 7.84. The Morgan fingerprint density at radius 1 is 0.982 bits per heavy atom. The first-order valence-corrected chi connectivity index (χ1v) is 18.5. The maximum absolute atomic E-state index is 15.0. The van der Waals surface area contributed by atoms with Crippen molar-refractivity contribution < 1.29 is 35.9 Å². The summed E-state index contributed by atoms with van der Waals surface area (Å²) in [7, 11) is 0. The second-order valence-electron chi connectivity index (χ2n) is 14.9. The van der Waals surface area contributed by atoms with E-state index in [2.05, 4.69) is 30.5 Å². The number of benzene rings is 3. The molecule has 3 aromatic carbocycles. The Bertz CT molecular complexity index is 2310. The average Bonchev–Trinajstić information content (AvgIpc) is 3.16. The number of aryl methyl sites for hydroxylation is 1. The highest BCUT2D eigenvalue weighted by molar-refractivity contribution is 6.03. The molecule has 7 rings (SSSR count). The molecule has 2 aliphatic rings. The SMILES string of the molecule is Cc1nc(N[C@H](C)c2cccc(C(F)F)c2F)c2cc(-c3cccc(CN4CCC(c5ccc([C@@]6(C)CCC(=O)NC6=O)cc5C(F)(F)F)CC4)c3)ncc2n1. The van der Waals surface area contributed by atoms with Crippen LogP contribution in [0, 0.1) is 12.7 Å². The first-order chi connectivity index (χ1) is 26.6. The standard InChI is InChI=1S/C42H40F6N6O2/c1-23(29-8-5-9-31(37(29)43)38(44)45)50-39-32-20-34(49-21-35(32)51-24(2)52-39)27-7-4-6-25(18-27)22-54-16-13-26(14-17-54)30-11-10-28(19-33(30)42(46,47)48)41(3)15-12-36(55)53-40(41)56/h4-11,18-21,23,26,38H,12-17,22H2,1-3H3,(H,50,51,52)(H,53,55,56)/t23-,41-/m1/s1. The summed E-state index contributed by atoms with van der Waals surface area (Å²) in [4.78, 5) is 40.3. The van der Waals surface area contributed by atoms with Crippen LogP contribution in [0.2, 0.25) is 0 Å². The van der Waals surface area contributed by atoms with Crippen molar-refractivity contribution in [3.63, 3.8) is 0 Å². The van der Waals surface area contributed by atoms with E-state index >= 15 is 0 Å². The first kappa shape index (κ1) is 38.9. The monoisotopic (exact) mass is 774 g/mol. The number of pyridine rings is 1. The second-order valence-corrected chi connectivity index (χ2v) is 14.9. The number of nitrogens with one attached hydrogen (secondary N) is 2. The lowest BCUT2D eigenvalue weighted by atomic mass is 9.74. The van der Waals surface area contributed by atoms with E-state index in [1.807, 2.05) is 30.3 Å². The Morgan fingerprint density at radius 2 is 1.71 bits per heavy atom. The maximum atomic E-state index is 15.0. The summed E-state index contributed by atoms with van der Waals surface area (Å²) >= 11 is 0. The number of hydrogen-bond donors (Lipinski definition) is 2. The summed E-state index contributed by atoms with van der Waals surface area (Å²) in [6, 6.07) is 17.0. The summed E-state index contributed by atoms with van der Waals surface area (Å²) in [5.41, 5.74) is 0.880. The summed E-state index contributed by atoms with van der Waals surface area (Å²) in [6.07, 6.45) is -4.70. The Morgan fingerprint density at radius 3 is 2.43 bits per heavy atom. The Labute approximate surface area is 319 Å². The summed E-state index contributed by atoms with van der Waals surface area (Å²) < 4.78 is 85.2. The van der Waals surface area contributed by atoms with Crippen LogP contribution in [0.1, 0.15) is 97.1 Å². The Balaban J connectivity index is 1.06. The fourth-order valence-corrected chi connectivity index (χ4v) is 7.84. The maximum Gasteiger partial charge on any atom is 0.416 e. The van der Waals surface area contributed by atoms with Crippen molar-refractivity contribution in [3.05, 3.63) is 118 Å². The number of carbonyl (C=O) groups excluding carboxylic acids is 2. The van der Waals surface area contributed by atoms with Crippen LogP contribution in [0.5, 0.6) is 0 Å². The third kappa shape index (κ3) is 7.84. The highest BCUT2D eigenvalue weighted by Gasteiger charge is 2.43. The average molecular weight is 775 g/mol. The van der Waals surface area contributed by atoms with Gasteiger partial charge in [-0.15, -0.1) is 0 Å². The van der Waals surface area contributed by atoms with E-state index < -0.39 is 52.8 Å². The number of nitrogens with zero attached hydrogens (tertiary/aromatic N) is 4. The van der Waals surface area contributed by atoms with Crippen molar-refractivity contribution in [3.8, 4) is 11.3 Å². The molecule has 0 aliphatic carbocycles. The van der Waals surface area contributed by atoms with Gasteiger partial charge in [0.25, 0.3) is 6.43 Å². The van der Waals surface area contributed by atoms with Crippen LogP contribution < -0.4 is 10.6 Å². The van der Waals surface area contributed by atoms with E-state index in [0.29, 0.717) is 60.7 Å². The van der Waals surface area contributed by atoms with Gasteiger partial charge < -0.3 is 5.32 Å². The molecule has 2 saturated heterocycles. The molecular weight excluding hydrogens is 734 g/mol. The van der Waals surface area contributed by atoms with Gasteiger partial charge in [-0.2, -0.15) is 13.2 Å². The van der Waals surface area contributed by atoms with Gasteiger partial charge in [-0.05, 0) is 93.9 Å². The molecule has 2 amide bonds. The zero-order chi connectivity index (χ0) is 39.9. The molecule has 2 aliphatic heterocycles. The lowest BCUT2D eigenvalue weighted by Crippen LogP contribution is -2.49. The predicted octanol–water partition coefficient (Wildman–Crippen LogP) is 9.34. The van der Waals surface area contributed by atoms with Crippen LogP contribution in [0.25, 0.3) is 22.2 Å². The molecular formula is C42H40F6N6O2. The quantitative estimate of drug-likeness (QED) is 0.114. The highest BCUT2D eigenvalue weighted by Crippen LogP contribution is 2.43. The van der Waals surface area contributed by atoms with E-state index in [1.165, 1.54) is 18.2 Å². The number of fused-ring (bicyclic) bond motifs is 1. The van der Waals surface area contributed by atoms with Gasteiger partial charge in [-0.25, -0.2) is 23.1 Å². The number of carbonyl (C=O) groups is 2. The lowest BCUT2D eigenvalue weighted by Gasteiger charge is -2.35. The van der Waals surface area contributed by atoms with E-state index in [9.17, 15) is 35.9 Å². The number of imide groups is 1. The van der Waals surface area contributed by atoms with Crippen LogP contribution >= 0.6 is 0 Å². The molecule has 2 N–H and O–H groups in total. The van der Waals surface area contributed by atoms with E-state index in [4.69, 9.17) is 0 Å². The van der Waals surface area contributed by atoms with Gasteiger partial charge in [0.2, 0.25) is 11.8 Å².